The van der Waals surface area contributed by atoms with Gasteiger partial charge in [-0.05, 0) is 39.5 Å². The van der Waals surface area contributed by atoms with Crippen LogP contribution in [0.5, 0.6) is 0 Å². The van der Waals surface area contributed by atoms with Crippen molar-refractivity contribution >= 4 is 0 Å². The maximum atomic E-state index is 5.97. The molecule has 2 nitrogen and oxygen atoms in total. The topological polar surface area (TPSA) is 29.3 Å². The summed E-state index contributed by atoms with van der Waals surface area (Å²) in [5.41, 5.74) is 5.96. The van der Waals surface area contributed by atoms with Crippen LogP contribution < -0.4 is 5.73 Å². The molecule has 1 rings (SSSR count). The standard InChI is InChI=1S/C11H24N2/c1-9-7-10(2)13(8-9)6-5-11(3,4)12/h9-10H,5-8,12H2,1-4H3. The highest BCUT2D eigenvalue weighted by Gasteiger charge is 2.26. The third kappa shape index (κ3) is 3.65. The first-order chi connectivity index (χ1) is 5.88. The summed E-state index contributed by atoms with van der Waals surface area (Å²) >= 11 is 0. The summed E-state index contributed by atoms with van der Waals surface area (Å²) in [7, 11) is 0. The Bertz CT molecular complexity index is 160. The van der Waals surface area contributed by atoms with Crippen LogP contribution in [0.1, 0.15) is 40.5 Å². The van der Waals surface area contributed by atoms with Crippen LogP contribution in [0.4, 0.5) is 0 Å². The summed E-state index contributed by atoms with van der Waals surface area (Å²) in [6.45, 7) is 11.3. The second kappa shape index (κ2) is 3.97. The van der Waals surface area contributed by atoms with Crippen LogP contribution in [0.2, 0.25) is 0 Å². The van der Waals surface area contributed by atoms with E-state index in [0.29, 0.717) is 0 Å². The monoisotopic (exact) mass is 184 g/mol. The fraction of sp³-hybridized carbons (Fsp3) is 1.00. The molecule has 1 saturated heterocycles. The molecule has 2 unspecified atom stereocenters. The van der Waals surface area contributed by atoms with Crippen LogP contribution in [-0.2, 0) is 0 Å². The molecule has 0 aromatic carbocycles. The van der Waals surface area contributed by atoms with Crippen LogP contribution in [0.25, 0.3) is 0 Å². The maximum Gasteiger partial charge on any atom is 0.0109 e. The molecule has 1 fully saturated rings. The molecule has 0 aliphatic carbocycles. The summed E-state index contributed by atoms with van der Waals surface area (Å²) < 4.78 is 0. The van der Waals surface area contributed by atoms with Gasteiger partial charge in [0.15, 0.2) is 0 Å². The van der Waals surface area contributed by atoms with E-state index in [1.165, 1.54) is 13.0 Å². The molecular weight excluding hydrogens is 160 g/mol. The van der Waals surface area contributed by atoms with Gasteiger partial charge in [-0.1, -0.05) is 6.92 Å². The molecule has 0 amide bonds. The van der Waals surface area contributed by atoms with Gasteiger partial charge in [0.2, 0.25) is 0 Å². The number of likely N-dealkylation sites (tertiary alicyclic amines) is 1. The minimum absolute atomic E-state index is 0.00838. The van der Waals surface area contributed by atoms with Crippen molar-refractivity contribution in [1.82, 2.24) is 4.90 Å². The number of nitrogens with two attached hydrogens (primary N) is 1. The molecule has 0 aromatic rings. The van der Waals surface area contributed by atoms with E-state index in [0.717, 1.165) is 24.9 Å². The van der Waals surface area contributed by atoms with Gasteiger partial charge >= 0.3 is 0 Å². The van der Waals surface area contributed by atoms with E-state index in [9.17, 15) is 0 Å². The zero-order valence-corrected chi connectivity index (χ0v) is 9.51. The molecule has 0 spiro atoms. The number of hydrogen-bond acceptors (Lipinski definition) is 2. The zero-order valence-electron chi connectivity index (χ0n) is 9.51. The van der Waals surface area contributed by atoms with E-state index in [2.05, 4.69) is 32.6 Å². The second-order valence-electron chi connectivity index (χ2n) is 5.42. The molecule has 2 N–H and O–H groups in total. The Morgan fingerprint density at radius 3 is 2.38 bits per heavy atom. The van der Waals surface area contributed by atoms with Crippen LogP contribution in [0.15, 0.2) is 0 Å². The van der Waals surface area contributed by atoms with Crippen molar-refractivity contribution in [3.05, 3.63) is 0 Å². The first-order valence-electron chi connectivity index (χ1n) is 5.41. The van der Waals surface area contributed by atoms with Gasteiger partial charge in [0.25, 0.3) is 0 Å². The third-order valence-corrected chi connectivity index (χ3v) is 2.96. The second-order valence-corrected chi connectivity index (χ2v) is 5.42. The van der Waals surface area contributed by atoms with Crippen molar-refractivity contribution in [2.75, 3.05) is 13.1 Å². The summed E-state index contributed by atoms with van der Waals surface area (Å²) in [5.74, 6) is 0.871. The fourth-order valence-corrected chi connectivity index (χ4v) is 2.13. The van der Waals surface area contributed by atoms with E-state index in [1.807, 2.05) is 0 Å². The number of nitrogens with zero attached hydrogens (tertiary/aromatic N) is 1. The first kappa shape index (κ1) is 11.0. The zero-order chi connectivity index (χ0) is 10.1. The molecule has 1 heterocycles. The fourth-order valence-electron chi connectivity index (χ4n) is 2.13. The normalized spacial score (nSPS) is 31.2. The average molecular weight is 184 g/mol. The molecular formula is C11H24N2. The highest BCUT2D eigenvalue weighted by molar-refractivity contribution is 4.82. The highest BCUT2D eigenvalue weighted by atomic mass is 15.2. The largest absolute Gasteiger partial charge is 0.326 e. The lowest BCUT2D eigenvalue weighted by Gasteiger charge is -2.26. The van der Waals surface area contributed by atoms with Gasteiger partial charge in [0.05, 0.1) is 0 Å². The average Bonchev–Trinajstić information content (AvgIpc) is 2.24. The van der Waals surface area contributed by atoms with E-state index in [1.54, 1.807) is 0 Å². The molecule has 0 saturated carbocycles. The molecule has 0 aromatic heterocycles. The van der Waals surface area contributed by atoms with Crippen LogP contribution in [0, 0.1) is 5.92 Å². The Morgan fingerprint density at radius 1 is 1.38 bits per heavy atom. The molecule has 2 atom stereocenters. The van der Waals surface area contributed by atoms with Gasteiger partial charge in [-0.3, -0.25) is 0 Å². The lowest BCUT2D eigenvalue weighted by Crippen LogP contribution is -2.38. The number of hydrogen-bond donors (Lipinski definition) is 1. The Kier molecular flexibility index (Phi) is 3.36. The first-order valence-corrected chi connectivity index (χ1v) is 5.41. The Morgan fingerprint density at radius 2 is 2.00 bits per heavy atom. The Hall–Kier alpha value is -0.0800. The molecule has 78 valence electrons. The van der Waals surface area contributed by atoms with E-state index < -0.39 is 0 Å². The van der Waals surface area contributed by atoms with Crippen molar-refractivity contribution in [3.63, 3.8) is 0 Å². The summed E-state index contributed by atoms with van der Waals surface area (Å²) in [5, 5.41) is 0. The van der Waals surface area contributed by atoms with Crippen molar-refractivity contribution < 1.29 is 0 Å². The van der Waals surface area contributed by atoms with Gasteiger partial charge in [-0.25, -0.2) is 0 Å². The van der Waals surface area contributed by atoms with Crippen molar-refractivity contribution in [3.8, 4) is 0 Å². The minimum atomic E-state index is -0.00838. The van der Waals surface area contributed by atoms with Gasteiger partial charge in [0.1, 0.15) is 0 Å². The smallest absolute Gasteiger partial charge is 0.0109 e. The maximum absolute atomic E-state index is 5.97. The van der Waals surface area contributed by atoms with E-state index in [4.69, 9.17) is 5.73 Å². The van der Waals surface area contributed by atoms with Crippen molar-refractivity contribution in [2.45, 2.75) is 52.1 Å². The van der Waals surface area contributed by atoms with Gasteiger partial charge in [-0.15, -0.1) is 0 Å². The Labute approximate surface area is 82.5 Å². The van der Waals surface area contributed by atoms with Crippen molar-refractivity contribution in [1.29, 1.82) is 0 Å². The van der Waals surface area contributed by atoms with Crippen LogP contribution in [0.3, 0.4) is 0 Å². The van der Waals surface area contributed by atoms with E-state index >= 15 is 0 Å². The molecule has 13 heavy (non-hydrogen) atoms. The third-order valence-electron chi connectivity index (χ3n) is 2.96. The molecule has 2 heteroatoms. The lowest BCUT2D eigenvalue weighted by atomic mass is 10.0. The molecule has 1 aliphatic heterocycles. The predicted octanol–water partition coefficient (Wildman–Crippen LogP) is 1.84. The quantitative estimate of drug-likeness (QED) is 0.725. The van der Waals surface area contributed by atoms with Gasteiger partial charge < -0.3 is 10.6 Å². The number of rotatable bonds is 3. The molecule has 1 aliphatic rings. The SMILES string of the molecule is CC1CC(C)N(CCC(C)(C)N)C1. The van der Waals surface area contributed by atoms with Crippen LogP contribution in [-0.4, -0.2) is 29.6 Å². The van der Waals surface area contributed by atoms with Crippen LogP contribution >= 0.6 is 0 Å². The predicted molar refractivity (Wildman–Crippen MR) is 57.7 cm³/mol. The van der Waals surface area contributed by atoms with Gasteiger partial charge in [-0.2, -0.15) is 0 Å². The Balaban J connectivity index is 2.30. The summed E-state index contributed by atoms with van der Waals surface area (Å²) in [6.07, 6.45) is 2.45. The minimum Gasteiger partial charge on any atom is -0.326 e. The lowest BCUT2D eigenvalue weighted by molar-refractivity contribution is 0.240. The molecule has 0 bridgehead atoms. The van der Waals surface area contributed by atoms with E-state index in [-0.39, 0.29) is 5.54 Å². The summed E-state index contributed by atoms with van der Waals surface area (Å²) in [6, 6.07) is 0.761. The molecule has 0 radical (unpaired) electrons. The highest BCUT2D eigenvalue weighted by Crippen LogP contribution is 2.23. The van der Waals surface area contributed by atoms with Gasteiger partial charge in [0, 0.05) is 24.7 Å². The summed E-state index contributed by atoms with van der Waals surface area (Å²) in [4.78, 5) is 2.57. The van der Waals surface area contributed by atoms with Crippen molar-refractivity contribution in [2.24, 2.45) is 11.7 Å².